The summed E-state index contributed by atoms with van der Waals surface area (Å²) >= 11 is 1.61. The van der Waals surface area contributed by atoms with Crippen LogP contribution >= 0.6 is 11.3 Å². The number of hydrogen-bond acceptors (Lipinski definition) is 3. The summed E-state index contributed by atoms with van der Waals surface area (Å²) in [5.41, 5.74) is 1.29. The second kappa shape index (κ2) is 5.30. The number of rotatable bonds is 3. The molecule has 1 amide bonds. The van der Waals surface area contributed by atoms with Gasteiger partial charge in [0.15, 0.2) is 0 Å². The molecule has 0 radical (unpaired) electrons. The van der Waals surface area contributed by atoms with E-state index in [4.69, 9.17) is 0 Å². The average molecular weight is 301 g/mol. The van der Waals surface area contributed by atoms with Gasteiger partial charge in [-0.3, -0.25) is 4.79 Å². The zero-order chi connectivity index (χ0) is 14.2. The summed E-state index contributed by atoms with van der Waals surface area (Å²) in [4.78, 5) is 20.0. The molecule has 2 aromatic rings. The van der Waals surface area contributed by atoms with E-state index in [-0.39, 0.29) is 5.91 Å². The van der Waals surface area contributed by atoms with Crippen molar-refractivity contribution >= 4 is 17.2 Å². The van der Waals surface area contributed by atoms with Gasteiger partial charge in [-0.05, 0) is 48.6 Å². The van der Waals surface area contributed by atoms with Crippen molar-refractivity contribution in [1.82, 2.24) is 14.5 Å². The van der Waals surface area contributed by atoms with E-state index in [9.17, 15) is 4.79 Å². The van der Waals surface area contributed by atoms with Crippen LogP contribution in [0.4, 0.5) is 0 Å². The third-order valence-electron chi connectivity index (χ3n) is 4.54. The molecule has 5 heteroatoms. The van der Waals surface area contributed by atoms with Gasteiger partial charge in [0, 0.05) is 25.5 Å². The van der Waals surface area contributed by atoms with Gasteiger partial charge in [0.1, 0.15) is 0 Å². The third kappa shape index (κ3) is 2.50. The smallest absolute Gasteiger partial charge is 0.264 e. The molecule has 1 unspecified atom stereocenters. The lowest BCUT2D eigenvalue weighted by molar-refractivity contribution is 0.0683. The van der Waals surface area contributed by atoms with Crippen molar-refractivity contribution in [2.24, 2.45) is 0 Å². The monoisotopic (exact) mass is 301 g/mol. The Morgan fingerprint density at radius 1 is 1.33 bits per heavy atom. The van der Waals surface area contributed by atoms with Crippen LogP contribution in [0, 0.1) is 0 Å². The number of carbonyl (C=O) groups excluding carboxylic acids is 1. The molecule has 3 heterocycles. The molecule has 0 aromatic carbocycles. The summed E-state index contributed by atoms with van der Waals surface area (Å²) in [6.07, 6.45) is 10.4. The van der Waals surface area contributed by atoms with Crippen LogP contribution in [0.1, 0.15) is 52.9 Å². The number of nitrogens with zero attached hydrogens (tertiary/aromatic N) is 3. The van der Waals surface area contributed by atoms with Gasteiger partial charge in [0.25, 0.3) is 5.91 Å². The molecule has 2 fully saturated rings. The summed E-state index contributed by atoms with van der Waals surface area (Å²) in [6, 6.07) is 2.52. The maximum atomic E-state index is 12.8. The minimum absolute atomic E-state index is 0.233. The van der Waals surface area contributed by atoms with E-state index in [0.29, 0.717) is 12.0 Å². The zero-order valence-corrected chi connectivity index (χ0v) is 12.8. The molecule has 0 bridgehead atoms. The van der Waals surface area contributed by atoms with E-state index in [2.05, 4.69) is 21.0 Å². The van der Waals surface area contributed by atoms with Gasteiger partial charge in [-0.15, -0.1) is 11.3 Å². The summed E-state index contributed by atoms with van der Waals surface area (Å²) < 4.78 is 2.13. The summed E-state index contributed by atoms with van der Waals surface area (Å²) in [5.74, 6) is 0.876. The average Bonchev–Trinajstić information content (AvgIpc) is 3.05. The molecular weight excluding hydrogens is 282 g/mol. The van der Waals surface area contributed by atoms with Crippen molar-refractivity contribution in [3.05, 3.63) is 40.6 Å². The van der Waals surface area contributed by atoms with E-state index in [0.717, 1.165) is 30.8 Å². The van der Waals surface area contributed by atoms with Crippen LogP contribution in [0.3, 0.4) is 0 Å². The van der Waals surface area contributed by atoms with E-state index in [1.807, 2.05) is 23.6 Å². The predicted octanol–water partition coefficient (Wildman–Crippen LogP) is 3.30. The van der Waals surface area contributed by atoms with Gasteiger partial charge in [0.2, 0.25) is 0 Å². The lowest BCUT2D eigenvalue weighted by Gasteiger charge is -2.33. The standard InChI is InChI=1S/C16H19N3OS/c20-16(15-14(5-9-21-15)12-3-4-12)18-7-1-2-13(10-18)19-8-6-17-11-19/h5-6,8-9,11-13H,1-4,7,10H2. The maximum absolute atomic E-state index is 12.8. The van der Waals surface area contributed by atoms with Crippen LogP contribution in [0.5, 0.6) is 0 Å². The van der Waals surface area contributed by atoms with Crippen LogP contribution in [-0.2, 0) is 0 Å². The molecule has 1 atom stereocenters. The quantitative estimate of drug-likeness (QED) is 0.872. The van der Waals surface area contributed by atoms with Gasteiger partial charge in [-0.25, -0.2) is 4.98 Å². The van der Waals surface area contributed by atoms with E-state index >= 15 is 0 Å². The van der Waals surface area contributed by atoms with Crippen molar-refractivity contribution in [3.63, 3.8) is 0 Å². The molecule has 0 spiro atoms. The fourth-order valence-electron chi connectivity index (χ4n) is 3.22. The molecular formula is C16H19N3OS. The zero-order valence-electron chi connectivity index (χ0n) is 11.9. The van der Waals surface area contributed by atoms with Crippen LogP contribution in [0.2, 0.25) is 0 Å². The highest BCUT2D eigenvalue weighted by atomic mass is 32.1. The molecule has 1 aliphatic carbocycles. The van der Waals surface area contributed by atoms with Crippen molar-refractivity contribution in [2.45, 2.75) is 37.6 Å². The van der Waals surface area contributed by atoms with Crippen LogP contribution in [-0.4, -0.2) is 33.4 Å². The molecule has 2 aromatic heterocycles. The lowest BCUT2D eigenvalue weighted by atomic mass is 10.0. The van der Waals surface area contributed by atoms with Crippen LogP contribution in [0.15, 0.2) is 30.2 Å². The van der Waals surface area contributed by atoms with Gasteiger partial charge in [0.05, 0.1) is 17.2 Å². The second-order valence-corrected chi connectivity index (χ2v) is 6.95. The van der Waals surface area contributed by atoms with E-state index < -0.39 is 0 Å². The highest BCUT2D eigenvalue weighted by molar-refractivity contribution is 7.12. The summed E-state index contributed by atoms with van der Waals surface area (Å²) in [6.45, 7) is 1.68. The molecule has 2 aliphatic rings. The summed E-state index contributed by atoms with van der Waals surface area (Å²) in [7, 11) is 0. The second-order valence-electron chi connectivity index (χ2n) is 6.04. The first-order valence-corrected chi connectivity index (χ1v) is 8.55. The number of aromatic nitrogens is 2. The Morgan fingerprint density at radius 2 is 2.24 bits per heavy atom. The Labute approximate surface area is 128 Å². The third-order valence-corrected chi connectivity index (χ3v) is 5.46. The fraction of sp³-hybridized carbons (Fsp3) is 0.500. The van der Waals surface area contributed by atoms with Crippen molar-refractivity contribution in [2.75, 3.05) is 13.1 Å². The Bertz CT molecular complexity index is 630. The number of thiophene rings is 1. The topological polar surface area (TPSA) is 38.1 Å². The Hall–Kier alpha value is -1.62. The number of likely N-dealkylation sites (tertiary alicyclic amines) is 1. The number of carbonyl (C=O) groups is 1. The van der Waals surface area contributed by atoms with E-state index in [1.54, 1.807) is 11.3 Å². The Morgan fingerprint density at radius 3 is 3.00 bits per heavy atom. The minimum Gasteiger partial charge on any atom is -0.336 e. The molecule has 0 N–H and O–H groups in total. The van der Waals surface area contributed by atoms with E-state index in [1.165, 1.54) is 18.4 Å². The largest absolute Gasteiger partial charge is 0.336 e. The number of piperidine rings is 1. The molecule has 1 saturated carbocycles. The van der Waals surface area contributed by atoms with Crippen molar-refractivity contribution in [1.29, 1.82) is 0 Å². The summed E-state index contributed by atoms with van der Waals surface area (Å²) in [5, 5.41) is 2.07. The first-order valence-electron chi connectivity index (χ1n) is 7.67. The molecule has 110 valence electrons. The predicted molar refractivity (Wildman–Crippen MR) is 82.7 cm³/mol. The SMILES string of the molecule is O=C(c1sccc1C1CC1)N1CCCC(n2ccnc2)C1. The van der Waals surface area contributed by atoms with Gasteiger partial charge < -0.3 is 9.47 Å². The Balaban J connectivity index is 1.52. The molecule has 4 rings (SSSR count). The van der Waals surface area contributed by atoms with Crippen molar-refractivity contribution in [3.8, 4) is 0 Å². The van der Waals surface area contributed by atoms with Crippen LogP contribution < -0.4 is 0 Å². The molecule has 4 nitrogen and oxygen atoms in total. The number of hydrogen-bond donors (Lipinski definition) is 0. The minimum atomic E-state index is 0.233. The molecule has 1 saturated heterocycles. The number of amides is 1. The van der Waals surface area contributed by atoms with Crippen molar-refractivity contribution < 1.29 is 4.79 Å². The highest BCUT2D eigenvalue weighted by Crippen LogP contribution is 2.43. The Kier molecular flexibility index (Phi) is 3.30. The normalized spacial score (nSPS) is 22.5. The lowest BCUT2D eigenvalue weighted by Crippen LogP contribution is -2.40. The fourth-order valence-corrected chi connectivity index (χ4v) is 4.17. The van der Waals surface area contributed by atoms with Crippen LogP contribution in [0.25, 0.3) is 0 Å². The van der Waals surface area contributed by atoms with Gasteiger partial charge in [-0.2, -0.15) is 0 Å². The molecule has 1 aliphatic heterocycles. The number of imidazole rings is 1. The first kappa shape index (κ1) is 13.1. The maximum Gasteiger partial charge on any atom is 0.264 e. The van der Waals surface area contributed by atoms with Gasteiger partial charge >= 0.3 is 0 Å². The van der Waals surface area contributed by atoms with Gasteiger partial charge in [-0.1, -0.05) is 0 Å². The molecule has 21 heavy (non-hydrogen) atoms. The first-order chi connectivity index (χ1) is 10.3. The highest BCUT2D eigenvalue weighted by Gasteiger charge is 2.32.